The highest BCUT2D eigenvalue weighted by Gasteiger charge is 2.38. The minimum Gasteiger partial charge on any atom is -0.494 e. The Labute approximate surface area is 219 Å². The van der Waals surface area contributed by atoms with Crippen LogP contribution in [0, 0.1) is 6.92 Å². The Balaban J connectivity index is 1.81. The van der Waals surface area contributed by atoms with Crippen LogP contribution in [0.4, 0.5) is 11.4 Å². The summed E-state index contributed by atoms with van der Waals surface area (Å²) in [5.41, 5.74) is 11.6. The summed E-state index contributed by atoms with van der Waals surface area (Å²) in [6.45, 7) is 4.12. The smallest absolute Gasteiger partial charge is 0.273 e. The van der Waals surface area contributed by atoms with Gasteiger partial charge in [0.15, 0.2) is 11.7 Å². The lowest BCUT2D eigenvalue weighted by Crippen LogP contribution is -2.47. The average molecular weight is 526 g/mol. The third kappa shape index (κ3) is 5.77. The van der Waals surface area contributed by atoms with Crippen LogP contribution in [-0.4, -0.2) is 34.7 Å². The second kappa shape index (κ2) is 11.5. The zero-order valence-electron chi connectivity index (χ0n) is 20.9. The topological polar surface area (TPSA) is 154 Å². The fraction of sp³-hybridized carbons (Fsp3) is 0.385. The first-order valence-corrected chi connectivity index (χ1v) is 13.1. The van der Waals surface area contributed by atoms with Gasteiger partial charge in [-0.05, 0) is 74.6 Å². The highest BCUT2D eigenvalue weighted by atomic mass is 32.1. The average Bonchev–Trinajstić information content (AvgIpc) is 3.48. The van der Waals surface area contributed by atoms with Crippen molar-refractivity contribution in [3.63, 3.8) is 0 Å². The molecule has 11 heteroatoms. The Bertz CT molecular complexity index is 1260. The number of carbonyl (C=O) groups is 3. The number of amides is 3. The van der Waals surface area contributed by atoms with Crippen molar-refractivity contribution in [1.29, 1.82) is 0 Å². The number of hydrogen-bond donors (Lipinski definition) is 3. The van der Waals surface area contributed by atoms with Crippen molar-refractivity contribution in [2.75, 3.05) is 17.2 Å². The van der Waals surface area contributed by atoms with Gasteiger partial charge in [-0.25, -0.2) is 0 Å². The first-order chi connectivity index (χ1) is 17.8. The number of aromatic nitrogens is 1. The molecule has 1 atom stereocenters. The minimum absolute atomic E-state index is 0.00132. The summed E-state index contributed by atoms with van der Waals surface area (Å²) in [6.07, 6.45) is 4.94. The van der Waals surface area contributed by atoms with E-state index in [-0.39, 0.29) is 28.2 Å². The summed E-state index contributed by atoms with van der Waals surface area (Å²) in [4.78, 5) is 40.9. The minimum atomic E-state index is -1.14. The van der Waals surface area contributed by atoms with Crippen molar-refractivity contribution >= 4 is 40.6 Å². The summed E-state index contributed by atoms with van der Waals surface area (Å²) in [6, 6.07) is 9.09. The molecule has 1 aliphatic rings. The number of anilines is 2. The quantitative estimate of drug-likeness (QED) is 0.382. The number of carbonyl (C=O) groups excluding carboxylic acids is 3. The van der Waals surface area contributed by atoms with Crippen molar-refractivity contribution < 1.29 is 23.5 Å². The van der Waals surface area contributed by atoms with Crippen LogP contribution in [0.15, 0.2) is 40.8 Å². The molecule has 1 aromatic carbocycles. The Kier molecular flexibility index (Phi) is 8.12. The van der Waals surface area contributed by atoms with Crippen molar-refractivity contribution in [3.8, 4) is 5.75 Å². The van der Waals surface area contributed by atoms with Gasteiger partial charge in [0, 0.05) is 11.7 Å². The van der Waals surface area contributed by atoms with Gasteiger partial charge in [-0.3, -0.25) is 19.3 Å². The maximum Gasteiger partial charge on any atom is 0.273 e. The fourth-order valence-electron chi connectivity index (χ4n) is 4.49. The Morgan fingerprint density at radius 1 is 1.16 bits per heavy atom. The van der Waals surface area contributed by atoms with Gasteiger partial charge in [0.05, 0.1) is 12.3 Å². The molecule has 3 aromatic rings. The van der Waals surface area contributed by atoms with Crippen LogP contribution in [-0.2, 0) is 4.79 Å². The van der Waals surface area contributed by atoms with Crippen LogP contribution in [0.5, 0.6) is 5.75 Å². The summed E-state index contributed by atoms with van der Waals surface area (Å²) in [5, 5.41) is 3.12. The number of nitrogens with zero attached hydrogens (tertiary/aromatic N) is 2. The molecule has 10 nitrogen and oxygen atoms in total. The van der Waals surface area contributed by atoms with Gasteiger partial charge in [0.25, 0.3) is 17.7 Å². The first kappa shape index (κ1) is 26.2. The molecular weight excluding hydrogens is 494 g/mol. The number of aryl methyl sites for hydroxylation is 1. The summed E-state index contributed by atoms with van der Waals surface area (Å²) < 4.78 is 15.4. The molecule has 0 bridgehead atoms. The predicted molar refractivity (Wildman–Crippen MR) is 141 cm³/mol. The highest BCUT2D eigenvalue weighted by molar-refractivity contribution is 7.09. The zero-order valence-corrected chi connectivity index (χ0v) is 21.7. The molecule has 0 aliphatic heterocycles. The monoisotopic (exact) mass is 525 g/mol. The maximum absolute atomic E-state index is 14.0. The van der Waals surface area contributed by atoms with Gasteiger partial charge in [-0.1, -0.05) is 19.3 Å². The van der Waals surface area contributed by atoms with E-state index in [2.05, 4.69) is 9.69 Å². The molecule has 3 amide bonds. The normalized spacial score (nSPS) is 14.6. The van der Waals surface area contributed by atoms with E-state index in [1.807, 2.05) is 6.92 Å². The molecule has 5 N–H and O–H groups in total. The summed E-state index contributed by atoms with van der Waals surface area (Å²) in [5.74, 6) is -0.312. The van der Waals surface area contributed by atoms with Crippen LogP contribution in [0.1, 0.15) is 76.8 Å². The van der Waals surface area contributed by atoms with Gasteiger partial charge in [0.1, 0.15) is 22.1 Å². The first-order valence-electron chi connectivity index (χ1n) is 12.3. The van der Waals surface area contributed by atoms with E-state index in [0.29, 0.717) is 29.6 Å². The molecule has 0 unspecified atom stereocenters. The number of nitrogens with one attached hydrogen (secondary N) is 1. The largest absolute Gasteiger partial charge is 0.494 e. The zero-order chi connectivity index (χ0) is 26.5. The van der Waals surface area contributed by atoms with E-state index in [9.17, 15) is 14.4 Å². The van der Waals surface area contributed by atoms with Crippen molar-refractivity contribution in [2.45, 2.75) is 58.0 Å². The van der Waals surface area contributed by atoms with Crippen LogP contribution >= 0.6 is 11.5 Å². The van der Waals surface area contributed by atoms with E-state index in [1.54, 1.807) is 43.3 Å². The molecular formula is C26H31N5O5S. The SMILES string of the molecule is CCOc1ccc(N(C(=O)c2snc(C(N)=O)c2N)[C@@H](C(=O)NC2CCCCC2)c2ccc(C)o2)cc1. The van der Waals surface area contributed by atoms with E-state index >= 15 is 0 Å². The third-order valence-corrected chi connectivity index (χ3v) is 7.14. The lowest BCUT2D eigenvalue weighted by molar-refractivity contribution is -0.123. The van der Waals surface area contributed by atoms with Gasteiger partial charge < -0.3 is 25.9 Å². The van der Waals surface area contributed by atoms with E-state index in [1.165, 1.54) is 4.90 Å². The standard InChI is InChI=1S/C26H31N5O5S/c1-3-35-18-12-10-17(11-13-18)31(26(34)23-20(27)21(24(28)32)30-37-23)22(19-14-9-15(2)36-19)25(33)29-16-7-5-4-6-8-16/h9-14,16,22H,3-8,27H2,1-2H3,(H2,28,32)(H,29,33)/t22-/m1/s1. The number of furan rings is 1. The van der Waals surface area contributed by atoms with Crippen molar-refractivity contribution in [1.82, 2.24) is 9.69 Å². The van der Waals surface area contributed by atoms with E-state index < -0.39 is 17.9 Å². The van der Waals surface area contributed by atoms with E-state index in [0.717, 1.165) is 43.6 Å². The van der Waals surface area contributed by atoms with Gasteiger partial charge >= 0.3 is 0 Å². The molecule has 0 spiro atoms. The maximum atomic E-state index is 14.0. The number of primary amides is 1. The number of nitrogen functional groups attached to an aromatic ring is 1. The van der Waals surface area contributed by atoms with Gasteiger partial charge in [-0.15, -0.1) is 0 Å². The highest BCUT2D eigenvalue weighted by Crippen LogP contribution is 2.35. The number of nitrogens with two attached hydrogens (primary N) is 2. The lowest BCUT2D eigenvalue weighted by atomic mass is 9.95. The number of hydrogen-bond acceptors (Lipinski definition) is 8. The second-order valence-corrected chi connectivity index (χ2v) is 9.71. The third-order valence-electron chi connectivity index (χ3n) is 6.29. The number of rotatable bonds is 9. The van der Waals surface area contributed by atoms with Crippen LogP contribution in [0.25, 0.3) is 0 Å². The lowest BCUT2D eigenvalue weighted by Gasteiger charge is -2.32. The number of benzene rings is 1. The molecule has 4 rings (SSSR count). The fourth-order valence-corrected chi connectivity index (χ4v) is 5.24. The Hall–Kier alpha value is -3.86. The summed E-state index contributed by atoms with van der Waals surface area (Å²) in [7, 11) is 0. The molecule has 0 saturated heterocycles. The molecule has 1 fully saturated rings. The Morgan fingerprint density at radius 3 is 2.43 bits per heavy atom. The van der Waals surface area contributed by atoms with Crippen molar-refractivity contribution in [3.05, 3.63) is 58.5 Å². The molecule has 2 heterocycles. The summed E-state index contributed by atoms with van der Waals surface area (Å²) >= 11 is 0.758. The second-order valence-electron chi connectivity index (χ2n) is 8.93. The van der Waals surface area contributed by atoms with Crippen LogP contribution in [0.3, 0.4) is 0 Å². The molecule has 37 heavy (non-hydrogen) atoms. The molecule has 1 aliphatic carbocycles. The Morgan fingerprint density at radius 2 is 1.86 bits per heavy atom. The molecule has 196 valence electrons. The predicted octanol–water partition coefficient (Wildman–Crippen LogP) is 3.96. The van der Waals surface area contributed by atoms with Gasteiger partial charge in [-0.2, -0.15) is 4.37 Å². The van der Waals surface area contributed by atoms with Crippen LogP contribution < -0.4 is 26.4 Å². The number of ether oxygens (including phenoxy) is 1. The molecule has 2 aromatic heterocycles. The molecule has 0 radical (unpaired) electrons. The van der Waals surface area contributed by atoms with Gasteiger partial charge in [0.2, 0.25) is 0 Å². The van der Waals surface area contributed by atoms with Crippen LogP contribution in [0.2, 0.25) is 0 Å². The van der Waals surface area contributed by atoms with E-state index in [4.69, 9.17) is 20.6 Å². The molecule has 1 saturated carbocycles. The van der Waals surface area contributed by atoms with Crippen molar-refractivity contribution in [2.24, 2.45) is 5.73 Å².